The van der Waals surface area contributed by atoms with Gasteiger partial charge in [-0.2, -0.15) is 0 Å². The van der Waals surface area contributed by atoms with Gasteiger partial charge in [0.15, 0.2) is 0 Å². The lowest BCUT2D eigenvalue weighted by molar-refractivity contribution is -0.145. The highest BCUT2D eigenvalue weighted by Gasteiger charge is 2.29. The van der Waals surface area contributed by atoms with Gasteiger partial charge in [-0.1, -0.05) is 0 Å². The van der Waals surface area contributed by atoms with Crippen LogP contribution < -0.4 is 0 Å². The SMILES string of the molecule is Cc1c(C(=O)N(C)CC(=O)N2CCCC(C(=O)O)C2)sc2ccc(F)cc12. The fourth-order valence-corrected chi connectivity index (χ4v) is 4.53. The number of benzene rings is 1. The average molecular weight is 392 g/mol. The second-order valence-electron chi connectivity index (χ2n) is 6.88. The second-order valence-corrected chi connectivity index (χ2v) is 7.93. The predicted octanol–water partition coefficient (Wildman–Crippen LogP) is 2.74. The van der Waals surface area contributed by atoms with Crippen molar-refractivity contribution >= 4 is 39.2 Å². The summed E-state index contributed by atoms with van der Waals surface area (Å²) in [6.07, 6.45) is 1.20. The molecule has 6 nitrogen and oxygen atoms in total. The third-order valence-corrected chi connectivity index (χ3v) is 6.20. The molecule has 1 unspecified atom stereocenters. The van der Waals surface area contributed by atoms with Gasteiger partial charge in [0.2, 0.25) is 5.91 Å². The molecule has 0 spiro atoms. The number of rotatable bonds is 4. The predicted molar refractivity (Wildman–Crippen MR) is 100 cm³/mol. The summed E-state index contributed by atoms with van der Waals surface area (Å²) in [6.45, 7) is 2.33. The van der Waals surface area contributed by atoms with Crippen molar-refractivity contribution in [3.63, 3.8) is 0 Å². The van der Waals surface area contributed by atoms with Gasteiger partial charge < -0.3 is 14.9 Å². The molecule has 0 radical (unpaired) electrons. The van der Waals surface area contributed by atoms with Crippen LogP contribution >= 0.6 is 11.3 Å². The van der Waals surface area contributed by atoms with Crippen molar-refractivity contribution in [3.8, 4) is 0 Å². The van der Waals surface area contributed by atoms with Gasteiger partial charge >= 0.3 is 5.97 Å². The molecular formula is C19H21FN2O4S. The van der Waals surface area contributed by atoms with E-state index in [1.54, 1.807) is 20.0 Å². The van der Waals surface area contributed by atoms with Crippen LogP contribution in [0, 0.1) is 18.7 Å². The quantitative estimate of drug-likeness (QED) is 0.868. The Morgan fingerprint density at radius 1 is 1.37 bits per heavy atom. The fraction of sp³-hybridized carbons (Fsp3) is 0.421. The highest BCUT2D eigenvalue weighted by Crippen LogP contribution is 2.32. The monoisotopic (exact) mass is 392 g/mol. The smallest absolute Gasteiger partial charge is 0.308 e. The molecule has 1 saturated heterocycles. The molecule has 3 rings (SSSR count). The maximum atomic E-state index is 13.5. The van der Waals surface area contributed by atoms with E-state index in [1.807, 2.05) is 0 Å². The van der Waals surface area contributed by atoms with E-state index in [-0.39, 0.29) is 30.7 Å². The Kier molecular flexibility index (Phi) is 5.46. The molecule has 8 heteroatoms. The molecule has 0 saturated carbocycles. The molecule has 0 aliphatic carbocycles. The Labute approximate surface area is 160 Å². The number of carbonyl (C=O) groups is 3. The molecule has 0 bridgehead atoms. The van der Waals surface area contributed by atoms with Crippen molar-refractivity contribution in [2.75, 3.05) is 26.7 Å². The molecule has 1 aromatic heterocycles. The van der Waals surface area contributed by atoms with E-state index in [0.29, 0.717) is 35.2 Å². The first-order valence-electron chi connectivity index (χ1n) is 8.72. The van der Waals surface area contributed by atoms with Gasteiger partial charge in [0.25, 0.3) is 5.91 Å². The van der Waals surface area contributed by atoms with Crippen LogP contribution in [0.25, 0.3) is 10.1 Å². The van der Waals surface area contributed by atoms with Crippen molar-refractivity contribution in [1.82, 2.24) is 9.80 Å². The lowest BCUT2D eigenvalue weighted by atomic mass is 9.98. The van der Waals surface area contributed by atoms with Crippen molar-refractivity contribution < 1.29 is 23.9 Å². The fourth-order valence-electron chi connectivity index (χ4n) is 3.35. The first kappa shape index (κ1) is 19.3. The number of likely N-dealkylation sites (tertiary alicyclic amines) is 1. The highest BCUT2D eigenvalue weighted by atomic mass is 32.1. The lowest BCUT2D eigenvalue weighted by Crippen LogP contribution is -2.46. The number of aryl methyl sites for hydroxylation is 1. The number of amides is 2. The number of piperidine rings is 1. The lowest BCUT2D eigenvalue weighted by Gasteiger charge is -2.32. The number of carboxylic acids is 1. The number of carbonyl (C=O) groups excluding carboxylic acids is 2. The number of halogens is 1. The third-order valence-electron chi connectivity index (χ3n) is 4.93. The molecule has 27 heavy (non-hydrogen) atoms. The molecular weight excluding hydrogens is 371 g/mol. The van der Waals surface area contributed by atoms with Gasteiger partial charge in [0.05, 0.1) is 17.3 Å². The van der Waals surface area contributed by atoms with Crippen molar-refractivity contribution in [1.29, 1.82) is 0 Å². The highest BCUT2D eigenvalue weighted by molar-refractivity contribution is 7.21. The second kappa shape index (κ2) is 7.64. The zero-order chi connectivity index (χ0) is 19.7. The normalized spacial score (nSPS) is 17.1. The summed E-state index contributed by atoms with van der Waals surface area (Å²) in [7, 11) is 1.54. The first-order valence-corrected chi connectivity index (χ1v) is 9.54. The Morgan fingerprint density at radius 2 is 2.11 bits per heavy atom. The van der Waals surface area contributed by atoms with Crippen LogP contribution in [0.1, 0.15) is 28.1 Å². The third kappa shape index (κ3) is 3.95. The number of aliphatic carboxylic acids is 1. The minimum Gasteiger partial charge on any atom is -0.481 e. The molecule has 1 aliphatic heterocycles. The van der Waals surface area contributed by atoms with Crippen molar-refractivity contribution in [2.45, 2.75) is 19.8 Å². The number of nitrogens with zero attached hydrogens (tertiary/aromatic N) is 2. The van der Waals surface area contributed by atoms with Crippen molar-refractivity contribution in [2.24, 2.45) is 5.92 Å². The van der Waals surface area contributed by atoms with E-state index >= 15 is 0 Å². The van der Waals surface area contributed by atoms with Gasteiger partial charge in [-0.15, -0.1) is 11.3 Å². The summed E-state index contributed by atoms with van der Waals surface area (Å²) in [6, 6.07) is 4.40. The van der Waals surface area contributed by atoms with Crippen molar-refractivity contribution in [3.05, 3.63) is 34.5 Å². The summed E-state index contributed by atoms with van der Waals surface area (Å²) in [5.74, 6) is -2.37. The summed E-state index contributed by atoms with van der Waals surface area (Å²) in [5.41, 5.74) is 0.697. The number of hydrogen-bond acceptors (Lipinski definition) is 4. The average Bonchev–Trinajstić information content (AvgIpc) is 2.97. The minimum atomic E-state index is -0.898. The number of fused-ring (bicyclic) bond motifs is 1. The standard InChI is InChI=1S/C19H21FN2O4S/c1-11-14-8-13(20)5-6-15(14)27-17(11)18(24)21(2)10-16(23)22-7-3-4-12(9-22)19(25)26/h5-6,8,12H,3-4,7,9-10H2,1-2H3,(H,25,26). The topological polar surface area (TPSA) is 77.9 Å². The number of thiophene rings is 1. The van der Waals surface area contributed by atoms with Crippen LogP contribution in [0.3, 0.4) is 0 Å². The van der Waals surface area contributed by atoms with Gasteiger partial charge in [0.1, 0.15) is 5.82 Å². The Morgan fingerprint density at radius 3 is 2.81 bits per heavy atom. The summed E-state index contributed by atoms with van der Waals surface area (Å²) in [4.78, 5) is 39.8. The van der Waals surface area contributed by atoms with Crippen LogP contribution in [-0.4, -0.2) is 59.4 Å². The minimum absolute atomic E-state index is 0.118. The molecule has 1 N–H and O–H groups in total. The summed E-state index contributed by atoms with van der Waals surface area (Å²) in [5, 5.41) is 9.85. The number of likely N-dealkylation sites (N-methyl/N-ethyl adjacent to an activating group) is 1. The van der Waals surface area contributed by atoms with Gasteiger partial charge in [-0.25, -0.2) is 4.39 Å². The van der Waals surface area contributed by atoms with Gasteiger partial charge in [-0.05, 0) is 48.9 Å². The molecule has 1 aromatic carbocycles. The van der Waals surface area contributed by atoms with Crippen LogP contribution in [0.15, 0.2) is 18.2 Å². The maximum absolute atomic E-state index is 13.5. The van der Waals surface area contributed by atoms with E-state index in [0.717, 1.165) is 4.70 Å². The number of hydrogen-bond donors (Lipinski definition) is 1. The summed E-state index contributed by atoms with van der Waals surface area (Å²) < 4.78 is 14.3. The number of carboxylic acid groups (broad SMARTS) is 1. The first-order chi connectivity index (χ1) is 12.8. The zero-order valence-electron chi connectivity index (χ0n) is 15.2. The van der Waals surface area contributed by atoms with E-state index in [4.69, 9.17) is 5.11 Å². The molecule has 1 atom stereocenters. The van der Waals surface area contributed by atoms with Gasteiger partial charge in [0, 0.05) is 24.8 Å². The molecule has 1 aliphatic rings. The van der Waals surface area contributed by atoms with E-state index in [2.05, 4.69) is 0 Å². The van der Waals surface area contributed by atoms with Crippen LogP contribution in [0.4, 0.5) is 4.39 Å². The molecule has 2 aromatic rings. The van der Waals surface area contributed by atoms with Crippen LogP contribution in [-0.2, 0) is 9.59 Å². The molecule has 144 valence electrons. The van der Waals surface area contributed by atoms with E-state index in [9.17, 15) is 18.8 Å². The largest absolute Gasteiger partial charge is 0.481 e. The van der Waals surface area contributed by atoms with Gasteiger partial charge in [-0.3, -0.25) is 14.4 Å². The van der Waals surface area contributed by atoms with E-state index in [1.165, 1.54) is 33.3 Å². The molecule has 2 amide bonds. The van der Waals surface area contributed by atoms with Crippen LogP contribution in [0.2, 0.25) is 0 Å². The van der Waals surface area contributed by atoms with E-state index < -0.39 is 11.9 Å². The Balaban J connectivity index is 1.71. The zero-order valence-corrected chi connectivity index (χ0v) is 16.0. The Hall–Kier alpha value is -2.48. The summed E-state index contributed by atoms with van der Waals surface area (Å²) >= 11 is 1.28. The molecule has 2 heterocycles. The maximum Gasteiger partial charge on any atom is 0.308 e. The molecule has 1 fully saturated rings. The van der Waals surface area contributed by atoms with Crippen LogP contribution in [0.5, 0.6) is 0 Å². The Bertz CT molecular complexity index is 910.